The van der Waals surface area contributed by atoms with Crippen LogP contribution >= 0.6 is 0 Å². The highest BCUT2D eigenvalue weighted by Gasteiger charge is 2.26. The van der Waals surface area contributed by atoms with Crippen molar-refractivity contribution in [2.45, 2.75) is 45.3 Å². The third-order valence-corrected chi connectivity index (χ3v) is 5.85. The summed E-state index contributed by atoms with van der Waals surface area (Å²) >= 11 is 0. The molecule has 200 valence electrons. The van der Waals surface area contributed by atoms with Crippen molar-refractivity contribution < 1.29 is 23.1 Å². The highest BCUT2D eigenvalue weighted by Crippen LogP contribution is 2.29. The maximum absolute atomic E-state index is 14.3. The molecule has 0 aliphatic carbocycles. The van der Waals surface area contributed by atoms with Crippen molar-refractivity contribution in [2.75, 3.05) is 23.3 Å². The normalized spacial score (nSPS) is 15.6. The number of carbonyl (C=O) groups is 2. The van der Waals surface area contributed by atoms with Gasteiger partial charge in [-0.25, -0.2) is 18.6 Å². The summed E-state index contributed by atoms with van der Waals surface area (Å²) in [7, 11) is 0. The number of hydrogen-bond acceptors (Lipinski definition) is 7. The molecule has 0 spiro atoms. The lowest BCUT2D eigenvalue weighted by molar-refractivity contribution is 0.0499. The van der Waals surface area contributed by atoms with Gasteiger partial charge < -0.3 is 26.0 Å². The predicted molar refractivity (Wildman–Crippen MR) is 140 cm³/mol. The molecular weight excluding hydrogens is 494 g/mol. The zero-order valence-corrected chi connectivity index (χ0v) is 21.4. The second-order valence-electron chi connectivity index (χ2n) is 10.0. The topological polar surface area (TPSA) is 122 Å². The van der Waals surface area contributed by atoms with Gasteiger partial charge in [-0.3, -0.25) is 4.79 Å². The molecule has 1 fully saturated rings. The number of halogens is 2. The summed E-state index contributed by atoms with van der Waals surface area (Å²) in [5, 5.41) is 5.95. The molecule has 9 nitrogen and oxygen atoms in total. The fourth-order valence-corrected chi connectivity index (χ4v) is 4.18. The Bertz CT molecular complexity index is 1340. The quantitative estimate of drug-likeness (QED) is 0.425. The third-order valence-electron chi connectivity index (χ3n) is 5.85. The highest BCUT2D eigenvalue weighted by atomic mass is 19.2. The molecule has 11 heteroatoms. The molecule has 0 bridgehead atoms. The van der Waals surface area contributed by atoms with Gasteiger partial charge in [0, 0.05) is 36.6 Å². The van der Waals surface area contributed by atoms with E-state index in [0.29, 0.717) is 30.3 Å². The van der Waals surface area contributed by atoms with Crippen LogP contribution in [0.5, 0.6) is 0 Å². The van der Waals surface area contributed by atoms with E-state index < -0.39 is 29.2 Å². The molecule has 2 amide bonds. The van der Waals surface area contributed by atoms with Crippen molar-refractivity contribution in [1.29, 1.82) is 0 Å². The summed E-state index contributed by atoms with van der Waals surface area (Å²) < 4.78 is 33.5. The minimum Gasteiger partial charge on any atom is -0.444 e. The lowest BCUT2D eigenvalue weighted by Gasteiger charge is -2.33. The maximum Gasteiger partial charge on any atom is 0.407 e. The third kappa shape index (κ3) is 6.53. The molecular formula is C27H30F2N6O3. The highest BCUT2D eigenvalue weighted by molar-refractivity contribution is 5.98. The number of primary amides is 1. The number of nitrogens with two attached hydrogens (primary N) is 1. The molecule has 0 unspecified atom stereocenters. The van der Waals surface area contributed by atoms with Gasteiger partial charge in [0.25, 0.3) is 5.91 Å². The van der Waals surface area contributed by atoms with E-state index in [2.05, 4.69) is 20.6 Å². The molecule has 1 saturated heterocycles. The summed E-state index contributed by atoms with van der Waals surface area (Å²) in [6, 6.07) is 10.4. The van der Waals surface area contributed by atoms with E-state index in [1.165, 1.54) is 18.3 Å². The molecule has 4 rings (SSSR count). The van der Waals surface area contributed by atoms with Crippen LogP contribution in [-0.2, 0) is 4.74 Å². The smallest absolute Gasteiger partial charge is 0.407 e. The average Bonchev–Trinajstić information content (AvgIpc) is 2.84. The number of amides is 2. The summed E-state index contributed by atoms with van der Waals surface area (Å²) in [4.78, 5) is 35.1. The van der Waals surface area contributed by atoms with Crippen LogP contribution < -0.4 is 21.3 Å². The van der Waals surface area contributed by atoms with E-state index in [1.54, 1.807) is 45.0 Å². The van der Waals surface area contributed by atoms with E-state index in [9.17, 15) is 18.4 Å². The Balaban J connectivity index is 1.56. The first-order valence-corrected chi connectivity index (χ1v) is 12.2. The molecule has 2 aromatic carbocycles. The molecule has 1 aliphatic heterocycles. The molecule has 1 atom stereocenters. The van der Waals surface area contributed by atoms with Crippen molar-refractivity contribution in [3.8, 4) is 11.1 Å². The van der Waals surface area contributed by atoms with Gasteiger partial charge in [0.15, 0.2) is 11.6 Å². The van der Waals surface area contributed by atoms with Crippen molar-refractivity contribution in [2.24, 2.45) is 5.73 Å². The van der Waals surface area contributed by atoms with Gasteiger partial charge >= 0.3 is 6.09 Å². The number of benzene rings is 2. The average molecular weight is 525 g/mol. The SMILES string of the molecule is CC(C)(C)OC(=O)N[C@H]1CCCN(c2ncc(C(N)=O)c(Nc3cccc(-c4cccc(F)c4F)c3)n2)C1. The van der Waals surface area contributed by atoms with Crippen LogP contribution in [0, 0.1) is 11.6 Å². The fraction of sp³-hybridized carbons (Fsp3) is 0.333. The largest absolute Gasteiger partial charge is 0.444 e. The van der Waals surface area contributed by atoms with Crippen molar-refractivity contribution in [3.63, 3.8) is 0 Å². The second-order valence-corrected chi connectivity index (χ2v) is 10.0. The van der Waals surface area contributed by atoms with Crippen molar-refractivity contribution >= 4 is 29.5 Å². The summed E-state index contributed by atoms with van der Waals surface area (Å²) in [6.45, 7) is 6.49. The Morgan fingerprint density at radius 3 is 2.66 bits per heavy atom. The lowest BCUT2D eigenvalue weighted by Crippen LogP contribution is -2.49. The van der Waals surface area contributed by atoms with Crippen LogP contribution in [0.25, 0.3) is 11.1 Å². The Labute approximate surface area is 219 Å². The number of piperidine rings is 1. The van der Waals surface area contributed by atoms with Gasteiger partial charge in [-0.1, -0.05) is 24.3 Å². The standard InChI is InChI=1S/C27H30F2N6O3/c1-27(2,3)38-26(37)33-18-9-6-12-35(15-18)25-31-14-20(23(30)36)24(34-25)32-17-8-4-7-16(13-17)19-10-5-11-21(28)22(19)29/h4-5,7-8,10-11,13-14,18H,6,9,12,15H2,1-3H3,(H2,30,36)(H,33,37)(H,31,32,34)/t18-/m0/s1. The molecule has 2 heterocycles. The van der Waals surface area contributed by atoms with E-state index in [1.807, 2.05) is 4.90 Å². The van der Waals surface area contributed by atoms with Gasteiger partial charge in [-0.2, -0.15) is 4.98 Å². The van der Waals surface area contributed by atoms with E-state index in [4.69, 9.17) is 10.5 Å². The Hall–Kier alpha value is -4.28. The maximum atomic E-state index is 14.3. The number of ether oxygens (including phenoxy) is 1. The predicted octanol–water partition coefficient (Wildman–Crippen LogP) is 4.76. The van der Waals surface area contributed by atoms with Gasteiger partial charge in [0.05, 0.1) is 0 Å². The first-order valence-electron chi connectivity index (χ1n) is 12.2. The van der Waals surface area contributed by atoms with Gasteiger partial charge in [0.2, 0.25) is 5.95 Å². The summed E-state index contributed by atoms with van der Waals surface area (Å²) in [5.74, 6) is -2.11. The Morgan fingerprint density at radius 1 is 1.16 bits per heavy atom. The summed E-state index contributed by atoms with van der Waals surface area (Å²) in [6.07, 6.45) is 2.40. The van der Waals surface area contributed by atoms with E-state index >= 15 is 0 Å². The van der Waals surface area contributed by atoms with Crippen molar-refractivity contribution in [3.05, 3.63) is 65.9 Å². The van der Waals surface area contributed by atoms with E-state index in [0.717, 1.165) is 18.9 Å². The first kappa shape index (κ1) is 26.8. The molecule has 1 aliphatic rings. The minimum atomic E-state index is -0.952. The lowest BCUT2D eigenvalue weighted by atomic mass is 10.0. The van der Waals surface area contributed by atoms with Crippen LogP contribution in [-0.4, -0.2) is 46.7 Å². The Morgan fingerprint density at radius 2 is 1.92 bits per heavy atom. The van der Waals surface area contributed by atoms with Gasteiger partial charge in [0.1, 0.15) is 17.0 Å². The number of nitrogens with zero attached hydrogens (tertiary/aromatic N) is 3. The first-order chi connectivity index (χ1) is 18.0. The molecule has 3 aromatic rings. The number of aromatic nitrogens is 2. The van der Waals surface area contributed by atoms with Crippen molar-refractivity contribution in [1.82, 2.24) is 15.3 Å². The Kier molecular flexibility index (Phi) is 7.75. The van der Waals surface area contributed by atoms with Crippen LogP contribution in [0.15, 0.2) is 48.7 Å². The molecule has 4 N–H and O–H groups in total. The number of nitrogens with one attached hydrogen (secondary N) is 2. The molecule has 0 radical (unpaired) electrons. The zero-order valence-electron chi connectivity index (χ0n) is 21.4. The zero-order chi connectivity index (χ0) is 27.4. The second kappa shape index (κ2) is 11.0. The fourth-order valence-electron chi connectivity index (χ4n) is 4.18. The van der Waals surface area contributed by atoms with Crippen LogP contribution in [0.4, 0.5) is 31.0 Å². The molecule has 1 aromatic heterocycles. The summed E-state index contributed by atoms with van der Waals surface area (Å²) in [5.41, 5.74) is 6.04. The molecule has 0 saturated carbocycles. The van der Waals surface area contributed by atoms with Crippen LogP contribution in [0.3, 0.4) is 0 Å². The van der Waals surface area contributed by atoms with Crippen LogP contribution in [0.2, 0.25) is 0 Å². The molecule has 38 heavy (non-hydrogen) atoms. The number of rotatable bonds is 6. The number of carbonyl (C=O) groups excluding carboxylic acids is 2. The number of hydrogen-bond donors (Lipinski definition) is 3. The minimum absolute atomic E-state index is 0.0662. The number of alkyl carbamates (subject to hydrolysis) is 1. The van der Waals surface area contributed by atoms with Crippen LogP contribution in [0.1, 0.15) is 44.0 Å². The van der Waals surface area contributed by atoms with Gasteiger partial charge in [-0.15, -0.1) is 0 Å². The van der Waals surface area contributed by atoms with E-state index in [-0.39, 0.29) is 23.0 Å². The van der Waals surface area contributed by atoms with Gasteiger partial charge in [-0.05, 0) is 57.4 Å². The monoisotopic (exact) mass is 524 g/mol. The number of anilines is 3.